The summed E-state index contributed by atoms with van der Waals surface area (Å²) in [6.45, 7) is 5.25. The van der Waals surface area contributed by atoms with Crippen LogP contribution < -0.4 is 10.1 Å². The van der Waals surface area contributed by atoms with Crippen molar-refractivity contribution in [3.8, 4) is 5.75 Å². The van der Waals surface area contributed by atoms with Gasteiger partial charge in [0.2, 0.25) is 0 Å². The number of para-hydroxylation sites is 1. The van der Waals surface area contributed by atoms with Gasteiger partial charge >= 0.3 is 0 Å². The molecular formula is C18H31NO2. The zero-order valence-electron chi connectivity index (χ0n) is 13.9. The van der Waals surface area contributed by atoms with Gasteiger partial charge in [0.15, 0.2) is 0 Å². The van der Waals surface area contributed by atoms with Crippen molar-refractivity contribution in [1.82, 2.24) is 5.32 Å². The fraction of sp³-hybridized carbons (Fsp3) is 0.667. The van der Waals surface area contributed by atoms with Gasteiger partial charge in [-0.2, -0.15) is 0 Å². The number of unbranched alkanes of at least 4 members (excludes halogenated alkanes) is 1. The van der Waals surface area contributed by atoms with E-state index < -0.39 is 0 Å². The number of nitrogens with one attached hydrogen (secondary N) is 1. The highest BCUT2D eigenvalue weighted by atomic mass is 16.5. The highest BCUT2D eigenvalue weighted by Crippen LogP contribution is 2.23. The van der Waals surface area contributed by atoms with Gasteiger partial charge in [0, 0.05) is 13.7 Å². The predicted molar refractivity (Wildman–Crippen MR) is 89.1 cm³/mol. The molecule has 1 N–H and O–H groups in total. The van der Waals surface area contributed by atoms with E-state index in [2.05, 4.69) is 30.4 Å². The third kappa shape index (κ3) is 7.49. The van der Waals surface area contributed by atoms with Crippen molar-refractivity contribution in [3.63, 3.8) is 0 Å². The number of rotatable bonds is 12. The largest absolute Gasteiger partial charge is 0.496 e. The van der Waals surface area contributed by atoms with Crippen LogP contribution in [0.1, 0.15) is 38.2 Å². The van der Waals surface area contributed by atoms with Crippen LogP contribution in [-0.2, 0) is 11.2 Å². The quantitative estimate of drug-likeness (QED) is 0.596. The van der Waals surface area contributed by atoms with Gasteiger partial charge in [-0.3, -0.25) is 0 Å². The zero-order chi connectivity index (χ0) is 15.3. The molecule has 0 spiro atoms. The SMILES string of the molecule is CCCNCC(CCCCOC)Cc1ccccc1OC. The second-order valence-corrected chi connectivity index (χ2v) is 5.57. The summed E-state index contributed by atoms with van der Waals surface area (Å²) in [5, 5.41) is 3.56. The zero-order valence-corrected chi connectivity index (χ0v) is 13.9. The normalized spacial score (nSPS) is 12.3. The van der Waals surface area contributed by atoms with Gasteiger partial charge < -0.3 is 14.8 Å². The minimum absolute atomic E-state index is 0.657. The molecule has 0 saturated carbocycles. The molecule has 3 nitrogen and oxygen atoms in total. The van der Waals surface area contributed by atoms with E-state index in [1.807, 2.05) is 6.07 Å². The Morgan fingerprint density at radius 2 is 1.95 bits per heavy atom. The third-order valence-electron chi connectivity index (χ3n) is 3.77. The Morgan fingerprint density at radius 1 is 1.14 bits per heavy atom. The molecule has 0 saturated heterocycles. The van der Waals surface area contributed by atoms with E-state index in [4.69, 9.17) is 9.47 Å². The topological polar surface area (TPSA) is 30.5 Å². The first-order valence-corrected chi connectivity index (χ1v) is 8.13. The Bertz CT molecular complexity index is 368. The van der Waals surface area contributed by atoms with E-state index in [-0.39, 0.29) is 0 Å². The van der Waals surface area contributed by atoms with Gasteiger partial charge in [0.1, 0.15) is 5.75 Å². The lowest BCUT2D eigenvalue weighted by Gasteiger charge is -2.19. The number of ether oxygens (including phenoxy) is 2. The van der Waals surface area contributed by atoms with Crippen LogP contribution in [0.3, 0.4) is 0 Å². The van der Waals surface area contributed by atoms with Crippen molar-refractivity contribution in [1.29, 1.82) is 0 Å². The predicted octanol–water partition coefficient (Wildman–Crippen LogP) is 3.67. The Morgan fingerprint density at radius 3 is 2.67 bits per heavy atom. The summed E-state index contributed by atoms with van der Waals surface area (Å²) in [5.74, 6) is 1.67. The number of hydrogen-bond donors (Lipinski definition) is 1. The average molecular weight is 293 g/mol. The number of benzene rings is 1. The van der Waals surface area contributed by atoms with Gasteiger partial charge in [0.25, 0.3) is 0 Å². The van der Waals surface area contributed by atoms with E-state index in [9.17, 15) is 0 Å². The lowest BCUT2D eigenvalue weighted by molar-refractivity contribution is 0.190. The minimum atomic E-state index is 0.657. The maximum Gasteiger partial charge on any atom is 0.122 e. The molecule has 0 amide bonds. The summed E-state index contributed by atoms with van der Waals surface area (Å²) in [5.41, 5.74) is 1.31. The maximum absolute atomic E-state index is 5.47. The smallest absolute Gasteiger partial charge is 0.122 e. The summed E-state index contributed by atoms with van der Waals surface area (Å²) in [7, 11) is 3.52. The molecule has 0 bridgehead atoms. The molecule has 0 aliphatic rings. The number of hydrogen-bond acceptors (Lipinski definition) is 3. The van der Waals surface area contributed by atoms with Crippen molar-refractivity contribution in [3.05, 3.63) is 29.8 Å². The summed E-state index contributed by atoms with van der Waals surface area (Å²) in [6, 6.07) is 8.36. The van der Waals surface area contributed by atoms with Gasteiger partial charge in [0.05, 0.1) is 7.11 Å². The molecule has 0 aromatic heterocycles. The summed E-state index contributed by atoms with van der Waals surface area (Å²) in [4.78, 5) is 0. The van der Waals surface area contributed by atoms with Crippen LogP contribution in [0.4, 0.5) is 0 Å². The maximum atomic E-state index is 5.47. The summed E-state index contributed by atoms with van der Waals surface area (Å²) >= 11 is 0. The first-order valence-electron chi connectivity index (χ1n) is 8.13. The van der Waals surface area contributed by atoms with Gasteiger partial charge in [-0.15, -0.1) is 0 Å². The van der Waals surface area contributed by atoms with E-state index in [1.54, 1.807) is 14.2 Å². The van der Waals surface area contributed by atoms with Crippen LogP contribution in [-0.4, -0.2) is 33.9 Å². The van der Waals surface area contributed by atoms with Crippen molar-refractivity contribution >= 4 is 0 Å². The van der Waals surface area contributed by atoms with Gasteiger partial charge in [-0.1, -0.05) is 31.5 Å². The molecule has 1 aromatic rings. The molecule has 21 heavy (non-hydrogen) atoms. The van der Waals surface area contributed by atoms with Gasteiger partial charge in [-0.25, -0.2) is 0 Å². The summed E-state index contributed by atoms with van der Waals surface area (Å²) < 4.78 is 10.6. The average Bonchev–Trinajstić information content (AvgIpc) is 2.52. The fourth-order valence-corrected chi connectivity index (χ4v) is 2.62. The van der Waals surface area contributed by atoms with Crippen LogP contribution in [0.25, 0.3) is 0 Å². The molecule has 1 atom stereocenters. The minimum Gasteiger partial charge on any atom is -0.496 e. The highest BCUT2D eigenvalue weighted by Gasteiger charge is 2.12. The Hall–Kier alpha value is -1.06. The van der Waals surface area contributed by atoms with E-state index in [0.717, 1.165) is 38.3 Å². The van der Waals surface area contributed by atoms with E-state index in [1.165, 1.54) is 24.8 Å². The molecule has 0 aliphatic carbocycles. The molecule has 0 fully saturated rings. The standard InChI is InChI=1S/C18H31NO2/c1-4-12-19-15-16(9-7-8-13-20-2)14-17-10-5-6-11-18(17)21-3/h5-6,10-11,16,19H,4,7-9,12-15H2,1-3H3. The molecular weight excluding hydrogens is 262 g/mol. The van der Waals surface area contributed by atoms with E-state index >= 15 is 0 Å². The van der Waals surface area contributed by atoms with Crippen molar-refractivity contribution in [2.24, 2.45) is 5.92 Å². The van der Waals surface area contributed by atoms with Crippen molar-refractivity contribution < 1.29 is 9.47 Å². The van der Waals surface area contributed by atoms with Crippen LogP contribution in [0, 0.1) is 5.92 Å². The van der Waals surface area contributed by atoms with Gasteiger partial charge in [-0.05, 0) is 56.3 Å². The number of methoxy groups -OCH3 is 2. The molecule has 0 radical (unpaired) electrons. The Balaban J connectivity index is 2.53. The summed E-state index contributed by atoms with van der Waals surface area (Å²) in [6.07, 6.45) is 5.87. The monoisotopic (exact) mass is 293 g/mol. The molecule has 1 rings (SSSR count). The highest BCUT2D eigenvalue weighted by molar-refractivity contribution is 5.33. The Labute approximate surface area is 130 Å². The molecule has 1 unspecified atom stereocenters. The molecule has 0 heterocycles. The third-order valence-corrected chi connectivity index (χ3v) is 3.77. The molecule has 0 aliphatic heterocycles. The Kier molecular flexibility index (Phi) is 9.92. The molecule has 120 valence electrons. The molecule has 3 heteroatoms. The van der Waals surface area contributed by atoms with Crippen LogP contribution in [0.15, 0.2) is 24.3 Å². The fourth-order valence-electron chi connectivity index (χ4n) is 2.62. The molecule has 1 aromatic carbocycles. The lowest BCUT2D eigenvalue weighted by atomic mass is 9.93. The first kappa shape index (κ1) is 18.0. The van der Waals surface area contributed by atoms with Crippen LogP contribution in [0.5, 0.6) is 5.75 Å². The van der Waals surface area contributed by atoms with Crippen molar-refractivity contribution in [2.75, 3.05) is 33.9 Å². The van der Waals surface area contributed by atoms with Crippen LogP contribution >= 0.6 is 0 Å². The lowest BCUT2D eigenvalue weighted by Crippen LogP contribution is -2.25. The van der Waals surface area contributed by atoms with E-state index in [0.29, 0.717) is 5.92 Å². The second kappa shape index (κ2) is 11.6. The van der Waals surface area contributed by atoms with Crippen molar-refractivity contribution in [2.45, 2.75) is 39.0 Å². The second-order valence-electron chi connectivity index (χ2n) is 5.57. The van der Waals surface area contributed by atoms with Crippen LogP contribution in [0.2, 0.25) is 0 Å². The first-order chi connectivity index (χ1) is 10.3.